The normalized spacial score (nSPS) is 12.0. The van der Waals surface area contributed by atoms with Crippen LogP contribution in [-0.4, -0.2) is 5.16 Å². The van der Waals surface area contributed by atoms with Gasteiger partial charge in [-0.25, -0.2) is 0 Å². The highest BCUT2D eigenvalue weighted by Gasteiger charge is 2.22. The number of hydrogen-bond acceptors (Lipinski definition) is 2. The van der Waals surface area contributed by atoms with Gasteiger partial charge in [0.05, 0.1) is 5.56 Å². The van der Waals surface area contributed by atoms with E-state index in [4.69, 9.17) is 4.52 Å². The molecule has 0 fully saturated rings. The molecule has 0 aliphatic rings. The van der Waals surface area contributed by atoms with Gasteiger partial charge >= 0.3 is 0 Å². The molecule has 0 spiro atoms. The van der Waals surface area contributed by atoms with Gasteiger partial charge in [-0.15, -0.1) is 0 Å². The van der Waals surface area contributed by atoms with E-state index in [9.17, 15) is 4.79 Å². The Bertz CT molecular complexity index is 301. The summed E-state index contributed by atoms with van der Waals surface area (Å²) in [6, 6.07) is 0. The summed E-state index contributed by atoms with van der Waals surface area (Å²) < 4.78 is 4.88. The molecule has 0 aliphatic heterocycles. The van der Waals surface area contributed by atoms with Crippen molar-refractivity contribution in [2.75, 3.05) is 0 Å². The molecule has 0 saturated heterocycles. The molecule has 62 valence electrons. The van der Waals surface area contributed by atoms with Crippen molar-refractivity contribution in [1.29, 1.82) is 0 Å². The Morgan fingerprint density at radius 1 is 1.36 bits per heavy atom. The molecule has 1 heterocycles. The van der Waals surface area contributed by atoms with Crippen LogP contribution in [0.2, 0.25) is 0 Å². The predicted molar refractivity (Wildman–Crippen MR) is 42.8 cm³/mol. The standard InChI is InChI=1S/C8H13NO2/c1-5-6(8(2,3)4)7(10)9-11-5/h1-4H3,(H,9,10). The van der Waals surface area contributed by atoms with Crippen molar-refractivity contribution in [3.05, 3.63) is 21.7 Å². The van der Waals surface area contributed by atoms with Crippen LogP contribution in [0, 0.1) is 6.92 Å². The van der Waals surface area contributed by atoms with Crippen molar-refractivity contribution in [2.24, 2.45) is 0 Å². The van der Waals surface area contributed by atoms with E-state index in [0.717, 1.165) is 5.56 Å². The van der Waals surface area contributed by atoms with Gasteiger partial charge in [-0.1, -0.05) is 20.8 Å². The third-order valence-corrected chi connectivity index (χ3v) is 1.63. The average Bonchev–Trinajstić information content (AvgIpc) is 2.08. The van der Waals surface area contributed by atoms with Crippen molar-refractivity contribution >= 4 is 0 Å². The van der Waals surface area contributed by atoms with Gasteiger partial charge in [-0.2, -0.15) is 5.16 Å². The van der Waals surface area contributed by atoms with E-state index in [-0.39, 0.29) is 11.0 Å². The summed E-state index contributed by atoms with van der Waals surface area (Å²) in [6.45, 7) is 7.75. The van der Waals surface area contributed by atoms with Crippen molar-refractivity contribution in [2.45, 2.75) is 33.1 Å². The van der Waals surface area contributed by atoms with Gasteiger partial charge < -0.3 is 4.52 Å². The molecule has 0 aromatic carbocycles. The highest BCUT2D eigenvalue weighted by Crippen LogP contribution is 2.21. The molecule has 0 amide bonds. The van der Waals surface area contributed by atoms with E-state index in [0.29, 0.717) is 5.76 Å². The molecule has 0 radical (unpaired) electrons. The zero-order valence-electron chi connectivity index (χ0n) is 7.32. The summed E-state index contributed by atoms with van der Waals surface area (Å²) >= 11 is 0. The minimum atomic E-state index is -0.134. The Balaban J connectivity index is 3.33. The molecular formula is C8H13NO2. The molecular weight excluding hydrogens is 142 g/mol. The number of rotatable bonds is 0. The first kappa shape index (κ1) is 8.11. The zero-order chi connectivity index (χ0) is 8.65. The highest BCUT2D eigenvalue weighted by atomic mass is 16.5. The summed E-state index contributed by atoms with van der Waals surface area (Å²) in [7, 11) is 0. The summed E-state index contributed by atoms with van der Waals surface area (Å²) in [5, 5.41) is 2.31. The molecule has 1 aromatic rings. The molecule has 11 heavy (non-hydrogen) atoms. The first-order valence-corrected chi connectivity index (χ1v) is 3.61. The summed E-state index contributed by atoms with van der Waals surface area (Å²) in [5.41, 5.74) is 0.484. The Hall–Kier alpha value is -0.990. The Labute approximate surface area is 65.4 Å². The summed E-state index contributed by atoms with van der Waals surface area (Å²) in [6.07, 6.45) is 0. The topological polar surface area (TPSA) is 46.0 Å². The van der Waals surface area contributed by atoms with Gasteiger partial charge in [0.2, 0.25) is 0 Å². The Morgan fingerprint density at radius 2 is 1.91 bits per heavy atom. The predicted octanol–water partition coefficient (Wildman–Crippen LogP) is 1.57. The van der Waals surface area contributed by atoms with Crippen molar-refractivity contribution in [1.82, 2.24) is 5.16 Å². The van der Waals surface area contributed by atoms with E-state index in [1.54, 1.807) is 6.92 Å². The van der Waals surface area contributed by atoms with Crippen LogP contribution in [0.4, 0.5) is 0 Å². The second-order valence-corrected chi connectivity index (χ2v) is 3.71. The second kappa shape index (κ2) is 2.26. The lowest BCUT2D eigenvalue weighted by Gasteiger charge is -2.14. The van der Waals surface area contributed by atoms with Crippen LogP contribution in [0.5, 0.6) is 0 Å². The molecule has 0 atom stereocenters. The maximum atomic E-state index is 11.1. The third kappa shape index (κ3) is 1.37. The maximum Gasteiger partial charge on any atom is 0.283 e. The first-order valence-electron chi connectivity index (χ1n) is 3.61. The van der Waals surface area contributed by atoms with Gasteiger partial charge in [-0.05, 0) is 12.3 Å². The molecule has 0 aliphatic carbocycles. The lowest BCUT2D eigenvalue weighted by molar-refractivity contribution is 0.388. The van der Waals surface area contributed by atoms with Crippen LogP contribution in [0.3, 0.4) is 0 Å². The highest BCUT2D eigenvalue weighted by molar-refractivity contribution is 5.21. The van der Waals surface area contributed by atoms with Crippen LogP contribution >= 0.6 is 0 Å². The number of aryl methyl sites for hydroxylation is 1. The van der Waals surface area contributed by atoms with Crippen LogP contribution < -0.4 is 5.56 Å². The Kier molecular flexibility index (Phi) is 1.66. The molecule has 0 saturated carbocycles. The molecule has 1 aromatic heterocycles. The molecule has 0 unspecified atom stereocenters. The van der Waals surface area contributed by atoms with E-state index in [1.807, 2.05) is 20.8 Å². The largest absolute Gasteiger partial charge is 0.384 e. The zero-order valence-corrected chi connectivity index (χ0v) is 7.32. The van der Waals surface area contributed by atoms with E-state index in [2.05, 4.69) is 5.16 Å². The van der Waals surface area contributed by atoms with E-state index >= 15 is 0 Å². The summed E-state index contributed by atoms with van der Waals surface area (Å²) in [4.78, 5) is 11.1. The van der Waals surface area contributed by atoms with Gasteiger partial charge in [0, 0.05) is 0 Å². The molecule has 1 rings (SSSR count). The Morgan fingerprint density at radius 3 is 2.09 bits per heavy atom. The third-order valence-electron chi connectivity index (χ3n) is 1.63. The van der Waals surface area contributed by atoms with Gasteiger partial charge in [-0.3, -0.25) is 4.79 Å². The molecule has 3 heteroatoms. The van der Waals surface area contributed by atoms with Gasteiger partial charge in [0.15, 0.2) is 0 Å². The maximum absolute atomic E-state index is 11.1. The van der Waals surface area contributed by atoms with Gasteiger partial charge in [0.1, 0.15) is 5.76 Å². The van der Waals surface area contributed by atoms with Crippen molar-refractivity contribution < 1.29 is 4.52 Å². The lowest BCUT2D eigenvalue weighted by Crippen LogP contribution is -2.21. The first-order chi connectivity index (χ1) is 4.93. The fourth-order valence-corrected chi connectivity index (χ4v) is 1.25. The quantitative estimate of drug-likeness (QED) is 0.618. The van der Waals surface area contributed by atoms with Crippen LogP contribution in [0.1, 0.15) is 32.1 Å². The number of aromatic amines is 1. The average molecular weight is 155 g/mol. The SMILES string of the molecule is Cc1o[nH]c(=O)c1C(C)(C)C. The van der Waals surface area contributed by atoms with E-state index < -0.39 is 0 Å². The van der Waals surface area contributed by atoms with Crippen molar-refractivity contribution in [3.63, 3.8) is 0 Å². The van der Waals surface area contributed by atoms with E-state index in [1.165, 1.54) is 0 Å². The molecule has 0 bridgehead atoms. The second-order valence-electron chi connectivity index (χ2n) is 3.71. The minimum absolute atomic E-state index is 0.116. The van der Waals surface area contributed by atoms with Crippen LogP contribution in [-0.2, 0) is 5.41 Å². The fraction of sp³-hybridized carbons (Fsp3) is 0.625. The number of hydrogen-bond donors (Lipinski definition) is 1. The number of H-pyrrole nitrogens is 1. The lowest BCUT2D eigenvalue weighted by atomic mass is 9.88. The molecule has 1 N–H and O–H groups in total. The van der Waals surface area contributed by atoms with Crippen LogP contribution in [0.25, 0.3) is 0 Å². The monoisotopic (exact) mass is 155 g/mol. The molecule has 3 nitrogen and oxygen atoms in total. The van der Waals surface area contributed by atoms with Gasteiger partial charge in [0.25, 0.3) is 5.56 Å². The van der Waals surface area contributed by atoms with Crippen molar-refractivity contribution in [3.8, 4) is 0 Å². The van der Waals surface area contributed by atoms with Crippen LogP contribution in [0.15, 0.2) is 9.32 Å². The fourth-order valence-electron chi connectivity index (χ4n) is 1.25. The summed E-state index contributed by atoms with van der Waals surface area (Å²) in [5.74, 6) is 0.683. The number of nitrogens with one attached hydrogen (secondary N) is 1. The minimum Gasteiger partial charge on any atom is -0.384 e. The smallest absolute Gasteiger partial charge is 0.283 e. The number of aromatic nitrogens is 1.